The third-order valence-electron chi connectivity index (χ3n) is 0.450. The molecule has 0 aromatic heterocycles. The Morgan fingerprint density at radius 2 is 2.50 bits per heavy atom. The molecule has 0 saturated carbocycles. The minimum Gasteiger partial charge on any atom is -0.375 e. The molecule has 0 saturated heterocycles. The van der Waals surface area contributed by atoms with Crippen LogP contribution in [-0.4, -0.2) is 6.61 Å². The van der Waals surface area contributed by atoms with Crippen LogP contribution in [0, 0.1) is 7.11 Å². The molecule has 0 aliphatic heterocycles. The van der Waals surface area contributed by atoms with E-state index < -0.39 is 0 Å². The number of allylic oxidation sites excluding steroid dienone is 1. The van der Waals surface area contributed by atoms with E-state index in [1.165, 1.54) is 0 Å². The van der Waals surface area contributed by atoms with E-state index in [-0.39, 0.29) is 0 Å². The molecule has 0 rings (SSSR count). The maximum Gasteiger partial charge on any atom is 0.0704 e. The second-order valence-electron chi connectivity index (χ2n) is 0.940. The largest absolute Gasteiger partial charge is 0.375 e. The van der Waals surface area contributed by atoms with Gasteiger partial charge in [0.1, 0.15) is 0 Å². The Balaban J connectivity index is 2.66. The van der Waals surface area contributed by atoms with Crippen molar-refractivity contribution in [2.45, 2.75) is 6.92 Å². The molecule has 1 nitrogen and oxygen atoms in total. The molecule has 0 fully saturated rings. The van der Waals surface area contributed by atoms with Crippen LogP contribution in [0.2, 0.25) is 0 Å². The first-order chi connectivity index (χ1) is 2.91. The average molecular weight is 85.1 g/mol. The zero-order chi connectivity index (χ0) is 4.83. The van der Waals surface area contributed by atoms with E-state index >= 15 is 0 Å². The lowest BCUT2D eigenvalue weighted by molar-refractivity contribution is 0.281. The van der Waals surface area contributed by atoms with Crippen molar-refractivity contribution in [3.05, 3.63) is 19.3 Å². The van der Waals surface area contributed by atoms with Crippen LogP contribution in [-0.2, 0) is 4.74 Å². The van der Waals surface area contributed by atoms with Gasteiger partial charge in [0, 0.05) is 0 Å². The Labute approximate surface area is 38.6 Å². The maximum absolute atomic E-state index is 4.45. The lowest BCUT2D eigenvalue weighted by Gasteiger charge is -1.81. The van der Waals surface area contributed by atoms with Crippen LogP contribution in [0.5, 0.6) is 0 Å². The molecule has 35 valence electrons. The number of hydrogen-bond donors (Lipinski definition) is 0. The molecule has 0 aliphatic carbocycles. The zero-order valence-corrected chi connectivity index (χ0v) is 3.98. The molecule has 6 heavy (non-hydrogen) atoms. The molecule has 0 aliphatic rings. The van der Waals surface area contributed by atoms with Gasteiger partial charge in [-0.25, -0.2) is 0 Å². The molecule has 0 amide bonds. The molecule has 0 heterocycles. The number of rotatable bonds is 2. The Bertz CT molecular complexity index is 39.2. The van der Waals surface area contributed by atoms with E-state index in [0.717, 1.165) is 0 Å². The van der Waals surface area contributed by atoms with Crippen LogP contribution in [0.1, 0.15) is 6.92 Å². The normalized spacial score (nSPS) is 10.3. The minimum atomic E-state index is 0.622. The van der Waals surface area contributed by atoms with Crippen molar-refractivity contribution < 1.29 is 4.74 Å². The van der Waals surface area contributed by atoms with Crippen molar-refractivity contribution in [1.82, 2.24) is 0 Å². The van der Waals surface area contributed by atoms with Crippen LogP contribution < -0.4 is 0 Å². The number of ether oxygens (including phenoxy) is 1. The van der Waals surface area contributed by atoms with E-state index in [1.807, 2.05) is 19.1 Å². The van der Waals surface area contributed by atoms with Gasteiger partial charge >= 0.3 is 0 Å². The highest BCUT2D eigenvalue weighted by Crippen LogP contribution is 1.70. The van der Waals surface area contributed by atoms with Gasteiger partial charge in [0.05, 0.1) is 13.7 Å². The first-order valence-corrected chi connectivity index (χ1v) is 1.90. The molecule has 0 aromatic rings. The second kappa shape index (κ2) is 4.70. The summed E-state index contributed by atoms with van der Waals surface area (Å²) in [7, 11) is 3.17. The van der Waals surface area contributed by atoms with Crippen molar-refractivity contribution in [3.8, 4) is 0 Å². The average Bonchev–Trinajstić information content (AvgIpc) is 1.61. The molecular weight excluding hydrogens is 76.1 g/mol. The summed E-state index contributed by atoms with van der Waals surface area (Å²) in [5.74, 6) is 0. The lowest BCUT2D eigenvalue weighted by atomic mass is 10.6. The Kier molecular flexibility index (Phi) is 4.46. The molecule has 0 N–H and O–H groups in total. The van der Waals surface area contributed by atoms with E-state index in [9.17, 15) is 0 Å². The lowest BCUT2D eigenvalue weighted by Crippen LogP contribution is -1.74. The molecule has 0 atom stereocenters. The van der Waals surface area contributed by atoms with Crippen LogP contribution >= 0.6 is 0 Å². The van der Waals surface area contributed by atoms with Crippen molar-refractivity contribution in [2.75, 3.05) is 6.61 Å². The molecule has 1 heteroatoms. The van der Waals surface area contributed by atoms with Gasteiger partial charge in [-0.3, -0.25) is 0 Å². The van der Waals surface area contributed by atoms with Gasteiger partial charge in [-0.05, 0) is 6.92 Å². The van der Waals surface area contributed by atoms with Crippen LogP contribution in [0.4, 0.5) is 0 Å². The van der Waals surface area contributed by atoms with Gasteiger partial charge in [-0.2, -0.15) is 0 Å². The zero-order valence-electron chi connectivity index (χ0n) is 3.98. The summed E-state index contributed by atoms with van der Waals surface area (Å²) < 4.78 is 4.45. The van der Waals surface area contributed by atoms with E-state index in [0.29, 0.717) is 6.61 Å². The van der Waals surface area contributed by atoms with Crippen LogP contribution in [0.3, 0.4) is 0 Å². The molecule has 0 unspecified atom stereocenters. The van der Waals surface area contributed by atoms with Gasteiger partial charge < -0.3 is 4.74 Å². The standard InChI is InChI=1S/C5H9O/c1-3-4-5-6-2/h3-4H,2,5H2,1H3/b4-3-. The summed E-state index contributed by atoms with van der Waals surface area (Å²) in [5, 5.41) is 0. The molecule has 0 bridgehead atoms. The Morgan fingerprint density at radius 3 is 2.67 bits per heavy atom. The summed E-state index contributed by atoms with van der Waals surface area (Å²) in [6, 6.07) is 0. The topological polar surface area (TPSA) is 9.23 Å². The SMILES string of the molecule is [CH2]OC/C=C\C. The fourth-order valence-corrected chi connectivity index (χ4v) is 0.164. The van der Waals surface area contributed by atoms with Crippen LogP contribution in [0.25, 0.3) is 0 Å². The van der Waals surface area contributed by atoms with Crippen molar-refractivity contribution in [1.29, 1.82) is 0 Å². The second-order valence-corrected chi connectivity index (χ2v) is 0.940. The van der Waals surface area contributed by atoms with Crippen molar-refractivity contribution in [2.24, 2.45) is 0 Å². The van der Waals surface area contributed by atoms with E-state index in [2.05, 4.69) is 11.8 Å². The molecule has 0 spiro atoms. The van der Waals surface area contributed by atoms with Gasteiger partial charge in [-0.15, -0.1) is 0 Å². The monoisotopic (exact) mass is 85.1 g/mol. The third kappa shape index (κ3) is 3.70. The van der Waals surface area contributed by atoms with Gasteiger partial charge in [0.2, 0.25) is 0 Å². The van der Waals surface area contributed by atoms with E-state index in [4.69, 9.17) is 0 Å². The first kappa shape index (κ1) is 5.70. The summed E-state index contributed by atoms with van der Waals surface area (Å²) >= 11 is 0. The maximum atomic E-state index is 4.45. The van der Waals surface area contributed by atoms with E-state index in [1.54, 1.807) is 0 Å². The fourth-order valence-electron chi connectivity index (χ4n) is 0.164. The third-order valence-corrected chi connectivity index (χ3v) is 0.450. The van der Waals surface area contributed by atoms with Gasteiger partial charge in [0.15, 0.2) is 0 Å². The predicted octanol–water partition coefficient (Wildman–Crippen LogP) is 1.37. The summed E-state index contributed by atoms with van der Waals surface area (Å²) in [6.45, 7) is 2.56. The molecule has 1 radical (unpaired) electrons. The van der Waals surface area contributed by atoms with Gasteiger partial charge in [-0.1, -0.05) is 12.2 Å². The Morgan fingerprint density at radius 1 is 1.83 bits per heavy atom. The Hall–Kier alpha value is -0.300. The summed E-state index contributed by atoms with van der Waals surface area (Å²) in [5.41, 5.74) is 0. The molecule has 0 aromatic carbocycles. The first-order valence-electron chi connectivity index (χ1n) is 1.90. The summed E-state index contributed by atoms with van der Waals surface area (Å²) in [6.07, 6.45) is 3.82. The minimum absolute atomic E-state index is 0.622. The fraction of sp³-hybridized carbons (Fsp3) is 0.400. The van der Waals surface area contributed by atoms with Gasteiger partial charge in [0.25, 0.3) is 0 Å². The summed E-state index contributed by atoms with van der Waals surface area (Å²) in [4.78, 5) is 0. The predicted molar refractivity (Wildman–Crippen MR) is 26.1 cm³/mol. The van der Waals surface area contributed by atoms with Crippen molar-refractivity contribution in [3.63, 3.8) is 0 Å². The highest BCUT2D eigenvalue weighted by atomic mass is 16.5. The quantitative estimate of drug-likeness (QED) is 0.460. The highest BCUT2D eigenvalue weighted by molar-refractivity contribution is 4.75. The van der Waals surface area contributed by atoms with Crippen molar-refractivity contribution >= 4 is 0 Å². The smallest absolute Gasteiger partial charge is 0.0704 e. The molecular formula is C5H9O. The highest BCUT2D eigenvalue weighted by Gasteiger charge is 1.62. The number of hydrogen-bond acceptors (Lipinski definition) is 1. The van der Waals surface area contributed by atoms with Crippen LogP contribution in [0.15, 0.2) is 12.2 Å².